The fraction of sp³-hybridized carbons (Fsp3) is 0.417. The Morgan fingerprint density at radius 2 is 2.40 bits per heavy atom. The zero-order valence-electron chi connectivity index (χ0n) is 9.19. The Balaban J connectivity index is 2.64. The lowest BCUT2D eigenvalue weighted by atomic mass is 10.2. The third-order valence-corrected chi connectivity index (χ3v) is 2.29. The maximum absolute atomic E-state index is 8.91. The van der Waals surface area contributed by atoms with Gasteiger partial charge in [0.1, 0.15) is 0 Å². The van der Waals surface area contributed by atoms with E-state index in [1.165, 1.54) is 5.56 Å². The van der Waals surface area contributed by atoms with Gasteiger partial charge in [-0.2, -0.15) is 0 Å². The molecule has 0 aliphatic carbocycles. The average molecular weight is 206 g/mol. The van der Waals surface area contributed by atoms with Crippen LogP contribution in [0, 0.1) is 6.92 Å². The molecule has 1 heterocycles. The van der Waals surface area contributed by atoms with Crippen molar-refractivity contribution in [2.45, 2.75) is 13.5 Å². The van der Waals surface area contributed by atoms with Crippen LogP contribution in [0.4, 0.5) is 0 Å². The summed E-state index contributed by atoms with van der Waals surface area (Å²) in [7, 11) is 0. The van der Waals surface area contributed by atoms with Crippen LogP contribution in [0.5, 0.6) is 0 Å². The molecule has 0 bridgehead atoms. The molecule has 0 unspecified atom stereocenters. The van der Waals surface area contributed by atoms with Crippen LogP contribution in [0.15, 0.2) is 31.0 Å². The van der Waals surface area contributed by atoms with Crippen molar-refractivity contribution in [3.8, 4) is 0 Å². The molecule has 0 aliphatic heterocycles. The highest BCUT2D eigenvalue weighted by molar-refractivity contribution is 5.17. The van der Waals surface area contributed by atoms with Gasteiger partial charge in [0.25, 0.3) is 0 Å². The fourth-order valence-electron chi connectivity index (χ4n) is 1.45. The highest BCUT2D eigenvalue weighted by Crippen LogP contribution is 2.06. The van der Waals surface area contributed by atoms with Crippen LogP contribution in [0.3, 0.4) is 0 Å². The highest BCUT2D eigenvalue weighted by Gasteiger charge is 2.06. The minimum absolute atomic E-state index is 0.166. The Kier molecular flexibility index (Phi) is 5.01. The van der Waals surface area contributed by atoms with Crippen molar-refractivity contribution >= 4 is 0 Å². The molecule has 0 fully saturated rings. The first-order valence-corrected chi connectivity index (χ1v) is 5.12. The van der Waals surface area contributed by atoms with E-state index in [2.05, 4.69) is 16.5 Å². The second-order valence-electron chi connectivity index (χ2n) is 3.51. The van der Waals surface area contributed by atoms with Crippen LogP contribution in [-0.2, 0) is 6.54 Å². The molecule has 1 aromatic heterocycles. The van der Waals surface area contributed by atoms with Crippen LogP contribution in [0.1, 0.15) is 11.3 Å². The average Bonchev–Trinajstić information content (AvgIpc) is 2.22. The van der Waals surface area contributed by atoms with E-state index >= 15 is 0 Å². The van der Waals surface area contributed by atoms with Crippen molar-refractivity contribution in [1.82, 2.24) is 9.88 Å². The first-order valence-electron chi connectivity index (χ1n) is 5.12. The number of rotatable bonds is 6. The summed E-state index contributed by atoms with van der Waals surface area (Å²) >= 11 is 0. The van der Waals surface area contributed by atoms with E-state index in [1.54, 1.807) is 6.20 Å². The van der Waals surface area contributed by atoms with Gasteiger partial charge in [0, 0.05) is 25.8 Å². The third kappa shape index (κ3) is 3.81. The van der Waals surface area contributed by atoms with Gasteiger partial charge in [-0.15, -0.1) is 6.58 Å². The molecule has 1 aromatic rings. The van der Waals surface area contributed by atoms with Crippen molar-refractivity contribution in [3.05, 3.63) is 42.2 Å². The molecular weight excluding hydrogens is 188 g/mol. The van der Waals surface area contributed by atoms with Crippen molar-refractivity contribution in [1.29, 1.82) is 0 Å². The predicted molar refractivity (Wildman–Crippen MR) is 61.5 cm³/mol. The van der Waals surface area contributed by atoms with Crippen molar-refractivity contribution in [2.75, 3.05) is 19.7 Å². The monoisotopic (exact) mass is 206 g/mol. The summed E-state index contributed by atoms with van der Waals surface area (Å²) in [5, 5.41) is 8.91. The summed E-state index contributed by atoms with van der Waals surface area (Å²) in [5.41, 5.74) is 2.25. The molecule has 15 heavy (non-hydrogen) atoms. The van der Waals surface area contributed by atoms with E-state index in [0.717, 1.165) is 18.8 Å². The Hall–Kier alpha value is -1.19. The summed E-state index contributed by atoms with van der Waals surface area (Å²) in [4.78, 5) is 6.44. The summed E-state index contributed by atoms with van der Waals surface area (Å²) in [6.07, 6.45) is 3.64. The summed E-state index contributed by atoms with van der Waals surface area (Å²) in [6.45, 7) is 8.11. The van der Waals surface area contributed by atoms with Gasteiger partial charge in [-0.25, -0.2) is 0 Å². The lowest BCUT2D eigenvalue weighted by Crippen LogP contribution is -2.27. The van der Waals surface area contributed by atoms with Gasteiger partial charge in [-0.1, -0.05) is 12.1 Å². The van der Waals surface area contributed by atoms with E-state index in [4.69, 9.17) is 5.11 Å². The van der Waals surface area contributed by atoms with Gasteiger partial charge < -0.3 is 5.11 Å². The first-order chi connectivity index (χ1) is 7.27. The molecule has 1 rings (SSSR count). The molecular formula is C12H18N2O. The number of aromatic nitrogens is 1. The van der Waals surface area contributed by atoms with Gasteiger partial charge in [-0.3, -0.25) is 9.88 Å². The standard InChI is InChI=1S/C12H18N2O/c1-3-7-14(8-9-15)10-12-11(2)5-4-6-13-12/h3-6,15H,1,7-10H2,2H3. The molecule has 0 saturated heterocycles. The zero-order chi connectivity index (χ0) is 11.1. The fourth-order valence-corrected chi connectivity index (χ4v) is 1.45. The molecule has 3 heteroatoms. The molecule has 0 spiro atoms. The maximum atomic E-state index is 8.91. The van der Waals surface area contributed by atoms with E-state index < -0.39 is 0 Å². The smallest absolute Gasteiger partial charge is 0.0573 e. The molecule has 1 N–H and O–H groups in total. The van der Waals surface area contributed by atoms with Crippen LogP contribution in [0.25, 0.3) is 0 Å². The maximum Gasteiger partial charge on any atom is 0.0573 e. The second kappa shape index (κ2) is 6.32. The number of hydrogen-bond donors (Lipinski definition) is 1. The number of pyridine rings is 1. The Bertz CT molecular complexity index is 312. The number of aliphatic hydroxyl groups excluding tert-OH is 1. The highest BCUT2D eigenvalue weighted by atomic mass is 16.3. The summed E-state index contributed by atoms with van der Waals surface area (Å²) in [6, 6.07) is 3.98. The predicted octanol–water partition coefficient (Wildman–Crippen LogP) is 1.37. The van der Waals surface area contributed by atoms with Gasteiger partial charge >= 0.3 is 0 Å². The van der Waals surface area contributed by atoms with Crippen LogP contribution in [0.2, 0.25) is 0 Å². The molecule has 0 amide bonds. The van der Waals surface area contributed by atoms with Crippen LogP contribution >= 0.6 is 0 Å². The SMILES string of the molecule is C=CCN(CCO)Cc1ncccc1C. The van der Waals surface area contributed by atoms with Gasteiger partial charge in [0.2, 0.25) is 0 Å². The summed E-state index contributed by atoms with van der Waals surface area (Å²) < 4.78 is 0. The Labute approximate surface area is 91.1 Å². The lowest BCUT2D eigenvalue weighted by molar-refractivity contribution is 0.202. The normalized spacial score (nSPS) is 10.6. The first kappa shape index (κ1) is 11.9. The van der Waals surface area contributed by atoms with E-state index in [9.17, 15) is 0 Å². The van der Waals surface area contributed by atoms with Gasteiger partial charge in [0.05, 0.1) is 12.3 Å². The number of nitrogens with zero attached hydrogens (tertiary/aromatic N) is 2. The van der Waals surface area contributed by atoms with Crippen molar-refractivity contribution < 1.29 is 5.11 Å². The number of hydrogen-bond acceptors (Lipinski definition) is 3. The molecule has 0 atom stereocenters. The van der Waals surface area contributed by atoms with Crippen LogP contribution in [-0.4, -0.2) is 34.7 Å². The van der Waals surface area contributed by atoms with Gasteiger partial charge in [-0.05, 0) is 18.6 Å². The van der Waals surface area contributed by atoms with Crippen LogP contribution < -0.4 is 0 Å². The number of aliphatic hydroxyl groups is 1. The Morgan fingerprint density at radius 3 is 3.00 bits per heavy atom. The zero-order valence-corrected chi connectivity index (χ0v) is 9.19. The molecule has 3 nitrogen and oxygen atoms in total. The quantitative estimate of drug-likeness (QED) is 0.714. The minimum atomic E-state index is 0.166. The topological polar surface area (TPSA) is 36.4 Å². The summed E-state index contributed by atoms with van der Waals surface area (Å²) in [5.74, 6) is 0. The van der Waals surface area contributed by atoms with E-state index in [0.29, 0.717) is 6.54 Å². The molecule has 0 saturated carbocycles. The van der Waals surface area contributed by atoms with Crippen molar-refractivity contribution in [2.24, 2.45) is 0 Å². The molecule has 0 aliphatic rings. The van der Waals surface area contributed by atoms with Gasteiger partial charge in [0.15, 0.2) is 0 Å². The molecule has 0 aromatic carbocycles. The lowest BCUT2D eigenvalue weighted by Gasteiger charge is -2.19. The van der Waals surface area contributed by atoms with E-state index in [-0.39, 0.29) is 6.61 Å². The minimum Gasteiger partial charge on any atom is -0.395 e. The third-order valence-electron chi connectivity index (χ3n) is 2.29. The number of aryl methyl sites for hydroxylation is 1. The Morgan fingerprint density at radius 1 is 1.60 bits per heavy atom. The largest absolute Gasteiger partial charge is 0.395 e. The van der Waals surface area contributed by atoms with Crippen molar-refractivity contribution in [3.63, 3.8) is 0 Å². The van der Waals surface area contributed by atoms with E-state index in [1.807, 2.05) is 25.1 Å². The molecule has 0 radical (unpaired) electrons. The second-order valence-corrected chi connectivity index (χ2v) is 3.51. The molecule has 82 valence electrons.